The average Bonchev–Trinajstić information content (AvgIpc) is 3.01. The minimum Gasteiger partial charge on any atom is -0.463 e. The van der Waals surface area contributed by atoms with Crippen molar-refractivity contribution in [3.05, 3.63) is 35.3 Å². The van der Waals surface area contributed by atoms with Crippen molar-refractivity contribution in [3.8, 4) is 0 Å². The minimum atomic E-state index is -1.11. The van der Waals surface area contributed by atoms with Crippen LogP contribution in [-0.4, -0.2) is 30.7 Å². The zero-order valence-corrected chi connectivity index (χ0v) is 17.9. The SMILES string of the molecule is CCNC(=NCC(C)(O)c1ccc(C)o1)NCCC1=CCCCC1.I. The van der Waals surface area contributed by atoms with Crippen molar-refractivity contribution in [1.29, 1.82) is 0 Å². The predicted octanol–water partition coefficient (Wildman–Crippen LogP) is 3.86. The lowest BCUT2D eigenvalue weighted by atomic mass is 9.97. The van der Waals surface area contributed by atoms with Crippen molar-refractivity contribution in [2.45, 2.75) is 58.5 Å². The van der Waals surface area contributed by atoms with E-state index in [1.54, 1.807) is 18.6 Å². The molecule has 0 bridgehead atoms. The topological polar surface area (TPSA) is 69.8 Å². The molecule has 1 aromatic heterocycles. The van der Waals surface area contributed by atoms with Crippen LogP contribution in [0.3, 0.4) is 0 Å². The van der Waals surface area contributed by atoms with Crippen molar-refractivity contribution >= 4 is 29.9 Å². The van der Waals surface area contributed by atoms with Crippen molar-refractivity contribution in [3.63, 3.8) is 0 Å². The fourth-order valence-corrected chi connectivity index (χ4v) is 2.85. The third kappa shape index (κ3) is 7.40. The van der Waals surface area contributed by atoms with Crippen LogP contribution in [0.2, 0.25) is 0 Å². The Labute approximate surface area is 168 Å². The number of allylic oxidation sites excluding steroid dienone is 1. The van der Waals surface area contributed by atoms with Crippen LogP contribution in [0.15, 0.2) is 33.2 Å². The fourth-order valence-electron chi connectivity index (χ4n) is 2.85. The molecule has 1 aliphatic rings. The maximum Gasteiger partial charge on any atom is 0.191 e. The summed E-state index contributed by atoms with van der Waals surface area (Å²) in [7, 11) is 0. The zero-order valence-electron chi connectivity index (χ0n) is 15.6. The Bertz CT molecular complexity index is 579. The van der Waals surface area contributed by atoms with E-state index in [4.69, 9.17) is 4.42 Å². The number of aliphatic imine (C=N–C) groups is 1. The smallest absolute Gasteiger partial charge is 0.191 e. The predicted molar refractivity (Wildman–Crippen MR) is 114 cm³/mol. The highest BCUT2D eigenvalue weighted by atomic mass is 127. The van der Waals surface area contributed by atoms with Gasteiger partial charge in [0.05, 0.1) is 6.54 Å². The summed E-state index contributed by atoms with van der Waals surface area (Å²) in [6, 6.07) is 3.66. The molecule has 1 aliphatic carbocycles. The van der Waals surface area contributed by atoms with E-state index in [2.05, 4.69) is 21.7 Å². The lowest BCUT2D eigenvalue weighted by Gasteiger charge is -2.20. The molecule has 1 aromatic rings. The molecule has 2 rings (SSSR count). The van der Waals surface area contributed by atoms with Crippen LogP contribution in [0.25, 0.3) is 0 Å². The van der Waals surface area contributed by atoms with Gasteiger partial charge in [-0.3, -0.25) is 0 Å². The summed E-state index contributed by atoms with van der Waals surface area (Å²) in [5, 5.41) is 17.2. The van der Waals surface area contributed by atoms with Gasteiger partial charge in [-0.05, 0) is 65.0 Å². The Hall–Kier alpha value is -1.02. The van der Waals surface area contributed by atoms with Gasteiger partial charge in [0.2, 0.25) is 0 Å². The second-order valence-electron chi connectivity index (χ2n) is 6.66. The van der Waals surface area contributed by atoms with Crippen molar-refractivity contribution in [2.75, 3.05) is 19.6 Å². The molecule has 3 N–H and O–H groups in total. The number of furan rings is 1. The summed E-state index contributed by atoms with van der Waals surface area (Å²) in [4.78, 5) is 4.52. The quantitative estimate of drug-likeness (QED) is 0.250. The molecule has 0 amide bonds. The Kier molecular flexibility index (Phi) is 9.56. The van der Waals surface area contributed by atoms with Crippen molar-refractivity contribution in [1.82, 2.24) is 10.6 Å². The van der Waals surface area contributed by atoms with Gasteiger partial charge in [-0.1, -0.05) is 11.6 Å². The second kappa shape index (κ2) is 10.9. The van der Waals surface area contributed by atoms with Gasteiger partial charge in [-0.2, -0.15) is 0 Å². The van der Waals surface area contributed by atoms with E-state index in [0.29, 0.717) is 5.76 Å². The van der Waals surface area contributed by atoms with E-state index in [1.807, 2.05) is 19.9 Å². The number of halogens is 1. The third-order valence-corrected chi connectivity index (χ3v) is 4.28. The van der Waals surface area contributed by atoms with Crippen molar-refractivity contribution in [2.24, 2.45) is 4.99 Å². The van der Waals surface area contributed by atoms with Crippen LogP contribution in [0.5, 0.6) is 0 Å². The lowest BCUT2D eigenvalue weighted by molar-refractivity contribution is 0.0428. The first-order valence-corrected chi connectivity index (χ1v) is 9.00. The van der Waals surface area contributed by atoms with Gasteiger partial charge in [0.25, 0.3) is 0 Å². The molecule has 1 heterocycles. The van der Waals surface area contributed by atoms with Gasteiger partial charge >= 0.3 is 0 Å². The van der Waals surface area contributed by atoms with Crippen LogP contribution in [0.1, 0.15) is 57.5 Å². The largest absolute Gasteiger partial charge is 0.463 e. The number of rotatable bonds is 7. The standard InChI is InChI=1S/C19H31N3O2.HI/c1-4-20-18(21-13-12-16-8-6-5-7-9-16)22-14-19(3,23)17-11-10-15(2)24-17;/h8,10-11,23H,4-7,9,12-14H2,1-3H3,(H2,20,21,22);1H. The summed E-state index contributed by atoms with van der Waals surface area (Å²) in [5.41, 5.74) is 0.436. The van der Waals surface area contributed by atoms with Crippen LogP contribution < -0.4 is 10.6 Å². The molecule has 142 valence electrons. The van der Waals surface area contributed by atoms with E-state index in [9.17, 15) is 5.11 Å². The number of nitrogens with zero attached hydrogens (tertiary/aromatic N) is 1. The number of nitrogens with one attached hydrogen (secondary N) is 2. The molecule has 1 atom stereocenters. The molecule has 0 fully saturated rings. The van der Waals surface area contributed by atoms with Gasteiger partial charge in [0.15, 0.2) is 5.96 Å². The number of aryl methyl sites for hydroxylation is 1. The van der Waals surface area contributed by atoms with Gasteiger partial charge in [-0.25, -0.2) is 4.99 Å². The molecule has 0 saturated carbocycles. The van der Waals surface area contributed by atoms with Crippen LogP contribution in [0.4, 0.5) is 0 Å². The molecule has 1 unspecified atom stereocenters. The maximum absolute atomic E-state index is 10.6. The molecule has 0 saturated heterocycles. The van der Waals surface area contributed by atoms with Gasteiger partial charge in [0, 0.05) is 13.1 Å². The van der Waals surface area contributed by atoms with E-state index in [1.165, 1.54) is 25.7 Å². The van der Waals surface area contributed by atoms with E-state index < -0.39 is 5.60 Å². The number of hydrogen-bond acceptors (Lipinski definition) is 3. The Balaban J connectivity index is 0.00000312. The van der Waals surface area contributed by atoms with Gasteiger partial charge < -0.3 is 20.2 Å². The summed E-state index contributed by atoms with van der Waals surface area (Å²) in [6.07, 6.45) is 8.50. The maximum atomic E-state index is 10.6. The molecule has 25 heavy (non-hydrogen) atoms. The van der Waals surface area contributed by atoms with E-state index in [0.717, 1.165) is 31.2 Å². The van der Waals surface area contributed by atoms with Crippen LogP contribution in [0, 0.1) is 6.92 Å². The lowest BCUT2D eigenvalue weighted by Crippen LogP contribution is -2.39. The Morgan fingerprint density at radius 1 is 1.32 bits per heavy atom. The first-order chi connectivity index (χ1) is 11.5. The molecule has 0 radical (unpaired) electrons. The highest BCUT2D eigenvalue weighted by Gasteiger charge is 2.26. The first kappa shape index (κ1) is 22.0. The summed E-state index contributed by atoms with van der Waals surface area (Å²) in [6.45, 7) is 7.53. The van der Waals surface area contributed by atoms with Crippen molar-refractivity contribution < 1.29 is 9.52 Å². The Morgan fingerprint density at radius 2 is 2.12 bits per heavy atom. The second-order valence-corrected chi connectivity index (χ2v) is 6.66. The highest BCUT2D eigenvalue weighted by molar-refractivity contribution is 14.0. The normalized spacial score (nSPS) is 17.3. The van der Waals surface area contributed by atoms with Gasteiger partial charge in [0.1, 0.15) is 17.1 Å². The molecule has 0 aromatic carbocycles. The van der Waals surface area contributed by atoms with Gasteiger partial charge in [-0.15, -0.1) is 24.0 Å². The zero-order chi connectivity index (χ0) is 17.4. The van der Waals surface area contributed by atoms with E-state index in [-0.39, 0.29) is 30.5 Å². The van der Waals surface area contributed by atoms with Crippen LogP contribution in [-0.2, 0) is 5.60 Å². The molecule has 6 heteroatoms. The molecular weight excluding hydrogens is 429 g/mol. The molecular formula is C19H32IN3O2. The number of hydrogen-bond donors (Lipinski definition) is 3. The monoisotopic (exact) mass is 461 g/mol. The first-order valence-electron chi connectivity index (χ1n) is 9.00. The average molecular weight is 461 g/mol. The van der Waals surface area contributed by atoms with Crippen LogP contribution >= 0.6 is 24.0 Å². The number of guanidine groups is 1. The minimum absolute atomic E-state index is 0. The molecule has 0 spiro atoms. The summed E-state index contributed by atoms with van der Waals surface area (Å²) in [5.74, 6) is 2.07. The molecule has 0 aliphatic heterocycles. The summed E-state index contributed by atoms with van der Waals surface area (Å²) < 4.78 is 5.53. The van der Waals surface area contributed by atoms with E-state index >= 15 is 0 Å². The fraction of sp³-hybridized carbons (Fsp3) is 0.632. The molecule has 5 nitrogen and oxygen atoms in total. The Morgan fingerprint density at radius 3 is 2.72 bits per heavy atom. The number of aliphatic hydroxyl groups is 1. The third-order valence-electron chi connectivity index (χ3n) is 4.28. The summed E-state index contributed by atoms with van der Waals surface area (Å²) >= 11 is 0. The highest BCUT2D eigenvalue weighted by Crippen LogP contribution is 2.23.